The molecule has 1 atom stereocenters. The zero-order valence-electron chi connectivity index (χ0n) is 19.9. The van der Waals surface area contributed by atoms with Crippen LogP contribution in [-0.4, -0.2) is 29.9 Å². The van der Waals surface area contributed by atoms with Crippen molar-refractivity contribution >= 4 is 33.7 Å². The maximum atomic E-state index is 15.1. The van der Waals surface area contributed by atoms with Crippen LogP contribution in [0.25, 0.3) is 0 Å². The van der Waals surface area contributed by atoms with Gasteiger partial charge in [0.1, 0.15) is 37.4 Å². The van der Waals surface area contributed by atoms with Crippen LogP contribution in [0, 0.1) is 63.6 Å². The number of hydrogen-bond acceptors (Lipinski definition) is 0. The molecule has 0 spiro atoms. The standard InChI is InChI=1S/C24H19BClF10N/c1-24(2)7-11(37(3)4)9-5-8(6-10(9)24)25(26,12-14(27)18(31)22(35)19(32)15(12)28)13-16(29)20(33)23(36)21(34)17(13)30/h8H,5-7H2,1-4H3. The lowest BCUT2D eigenvalue weighted by Gasteiger charge is -2.43. The van der Waals surface area contributed by atoms with Crippen molar-refractivity contribution in [3.05, 3.63) is 69.3 Å². The van der Waals surface area contributed by atoms with Crippen LogP contribution in [0.5, 0.6) is 0 Å². The second-order valence-corrected chi connectivity index (χ2v) is 11.0. The maximum absolute atomic E-state index is 15.1. The van der Waals surface area contributed by atoms with Gasteiger partial charge in [0, 0.05) is 12.0 Å². The second kappa shape index (κ2) is 8.78. The van der Waals surface area contributed by atoms with Gasteiger partial charge in [-0.15, -0.1) is 16.7 Å². The minimum absolute atomic E-state index is 0.248. The van der Waals surface area contributed by atoms with Gasteiger partial charge in [-0.25, -0.2) is 48.5 Å². The fourth-order valence-corrected chi connectivity index (χ4v) is 6.36. The van der Waals surface area contributed by atoms with Crippen molar-refractivity contribution in [3.8, 4) is 0 Å². The zero-order valence-corrected chi connectivity index (χ0v) is 20.6. The van der Waals surface area contributed by atoms with E-state index in [4.69, 9.17) is 11.5 Å². The average Bonchev–Trinajstić information content (AvgIpc) is 3.38. The van der Waals surface area contributed by atoms with Crippen molar-refractivity contribution in [2.75, 3.05) is 14.1 Å². The lowest BCUT2D eigenvalue weighted by atomic mass is 9.30. The highest BCUT2D eigenvalue weighted by Gasteiger charge is 2.52. The lowest BCUT2D eigenvalue weighted by Crippen LogP contribution is -2.62. The molecule has 2 aliphatic carbocycles. The van der Waals surface area contributed by atoms with E-state index >= 15 is 17.6 Å². The van der Waals surface area contributed by atoms with E-state index < -0.39 is 85.9 Å². The molecule has 2 aromatic rings. The maximum Gasteiger partial charge on any atom is 0.200 e. The van der Waals surface area contributed by atoms with E-state index in [1.54, 1.807) is 32.5 Å². The predicted octanol–water partition coefficient (Wildman–Crippen LogP) is 5.98. The van der Waals surface area contributed by atoms with Crippen molar-refractivity contribution < 1.29 is 48.5 Å². The first-order valence-corrected chi connectivity index (χ1v) is 11.6. The zero-order chi connectivity index (χ0) is 27.9. The van der Waals surface area contributed by atoms with Gasteiger partial charge in [-0.3, -0.25) is 0 Å². The number of hydrogen-bond donors (Lipinski definition) is 0. The summed E-state index contributed by atoms with van der Waals surface area (Å²) >= 11 is 6.58. The normalized spacial score (nSPS) is 19.2. The molecular weight excluding hydrogens is 539 g/mol. The SMILES string of the molecule is C[N+](C)=C1CC(C)(C)C2=C1CC([B-](Cl)(c1c(F)c(F)c(F)c(F)c1F)c1c(F)c(F)c(F)c(F)c1F)C2. The first kappa shape index (κ1) is 27.5. The number of nitrogens with zero attached hydrogens (tertiary/aromatic N) is 1. The van der Waals surface area contributed by atoms with Crippen molar-refractivity contribution in [1.29, 1.82) is 0 Å². The molecule has 1 nitrogen and oxygen atoms in total. The van der Waals surface area contributed by atoms with Crippen LogP contribution in [0.3, 0.4) is 0 Å². The Morgan fingerprint density at radius 2 is 1.00 bits per heavy atom. The quantitative estimate of drug-likeness (QED) is 0.144. The van der Waals surface area contributed by atoms with Crippen molar-refractivity contribution in [3.63, 3.8) is 0 Å². The van der Waals surface area contributed by atoms with Crippen LogP contribution in [-0.2, 0) is 0 Å². The molecule has 0 fully saturated rings. The van der Waals surface area contributed by atoms with Crippen molar-refractivity contribution in [2.45, 2.75) is 38.9 Å². The van der Waals surface area contributed by atoms with E-state index in [1.165, 1.54) is 0 Å². The molecule has 0 saturated heterocycles. The highest BCUT2D eigenvalue weighted by atomic mass is 35.5. The Balaban J connectivity index is 2.10. The molecule has 0 amide bonds. The Bertz CT molecular complexity index is 1300. The minimum atomic E-state index is -4.34. The smallest absolute Gasteiger partial charge is 0.200 e. The summed E-state index contributed by atoms with van der Waals surface area (Å²) < 4.78 is 147. The van der Waals surface area contributed by atoms with Gasteiger partial charge in [-0.2, -0.15) is 0 Å². The van der Waals surface area contributed by atoms with E-state index in [2.05, 4.69) is 0 Å². The number of rotatable bonds is 3. The molecule has 0 bridgehead atoms. The van der Waals surface area contributed by atoms with Gasteiger partial charge in [-0.1, -0.05) is 25.8 Å². The third-order valence-electron chi connectivity index (χ3n) is 7.59. The van der Waals surface area contributed by atoms with Gasteiger partial charge < -0.3 is 11.5 Å². The number of allylic oxidation sites excluding steroid dienone is 2. The molecule has 200 valence electrons. The molecule has 4 rings (SSSR count). The van der Waals surface area contributed by atoms with Gasteiger partial charge in [0.2, 0.25) is 0 Å². The Labute approximate surface area is 210 Å². The average molecular weight is 558 g/mol. The Kier molecular flexibility index (Phi) is 6.53. The molecule has 1 unspecified atom stereocenters. The molecule has 37 heavy (non-hydrogen) atoms. The molecule has 2 aliphatic rings. The van der Waals surface area contributed by atoms with E-state index in [0.717, 1.165) is 5.71 Å². The summed E-state index contributed by atoms with van der Waals surface area (Å²) in [6.07, 6.45) is -0.0122. The topological polar surface area (TPSA) is 3.01 Å². The molecule has 0 N–H and O–H groups in total. The summed E-state index contributed by atoms with van der Waals surface area (Å²) in [5, 5.41) is 0. The summed E-state index contributed by atoms with van der Waals surface area (Å²) in [7, 11) is 3.39. The van der Waals surface area contributed by atoms with E-state index in [0.29, 0.717) is 17.6 Å². The minimum Gasteiger partial charge on any atom is -0.377 e. The summed E-state index contributed by atoms with van der Waals surface area (Å²) in [5.74, 6) is -26.6. The van der Waals surface area contributed by atoms with Crippen LogP contribution in [0.2, 0.25) is 5.82 Å². The third kappa shape index (κ3) is 3.72. The molecule has 0 aromatic heterocycles. The summed E-state index contributed by atoms with van der Waals surface area (Å²) in [5.41, 5.74) is -6.65. The molecule has 2 aromatic carbocycles. The Hall–Kier alpha value is -2.50. The van der Waals surface area contributed by atoms with Gasteiger partial charge in [0.25, 0.3) is 0 Å². The fourth-order valence-electron chi connectivity index (χ4n) is 5.80. The van der Waals surface area contributed by atoms with Crippen LogP contribution >= 0.6 is 11.5 Å². The first-order valence-electron chi connectivity index (χ1n) is 11.1. The first-order chi connectivity index (χ1) is 17.0. The summed E-state index contributed by atoms with van der Waals surface area (Å²) in [6.45, 7) is 3.61. The summed E-state index contributed by atoms with van der Waals surface area (Å²) in [6, 6.07) is 0. The Morgan fingerprint density at radius 1 is 0.649 bits per heavy atom. The largest absolute Gasteiger partial charge is 0.377 e. The van der Waals surface area contributed by atoms with Crippen LogP contribution in [0.15, 0.2) is 11.1 Å². The third-order valence-corrected chi connectivity index (χ3v) is 8.38. The van der Waals surface area contributed by atoms with Crippen LogP contribution in [0.4, 0.5) is 43.9 Å². The number of halogens is 11. The molecule has 13 heteroatoms. The van der Waals surface area contributed by atoms with E-state index in [9.17, 15) is 26.3 Å². The van der Waals surface area contributed by atoms with E-state index in [-0.39, 0.29) is 12.8 Å². The van der Waals surface area contributed by atoms with Gasteiger partial charge >= 0.3 is 0 Å². The van der Waals surface area contributed by atoms with Gasteiger partial charge in [0.05, 0.1) is 0 Å². The monoisotopic (exact) mass is 557 g/mol. The van der Waals surface area contributed by atoms with Crippen molar-refractivity contribution in [2.24, 2.45) is 5.41 Å². The lowest BCUT2D eigenvalue weighted by molar-refractivity contribution is -0.465. The fraction of sp³-hybridized carbons (Fsp3) is 0.375. The molecule has 0 radical (unpaired) electrons. The second-order valence-electron chi connectivity index (χ2n) is 10.3. The van der Waals surface area contributed by atoms with Crippen LogP contribution in [0.1, 0.15) is 33.1 Å². The van der Waals surface area contributed by atoms with Crippen molar-refractivity contribution in [1.82, 2.24) is 0 Å². The van der Waals surface area contributed by atoms with Gasteiger partial charge in [0.15, 0.2) is 46.2 Å². The predicted molar refractivity (Wildman–Crippen MR) is 119 cm³/mol. The molecular formula is C24H19BClF10N. The molecule has 0 saturated carbocycles. The highest BCUT2D eigenvalue weighted by molar-refractivity contribution is 7.35. The Morgan fingerprint density at radius 3 is 1.35 bits per heavy atom. The molecule has 0 aliphatic heterocycles. The highest BCUT2D eigenvalue weighted by Crippen LogP contribution is 2.55. The van der Waals surface area contributed by atoms with Crippen LogP contribution < -0.4 is 10.9 Å². The van der Waals surface area contributed by atoms with E-state index in [1.807, 2.05) is 0 Å². The molecule has 0 heterocycles. The van der Waals surface area contributed by atoms with Gasteiger partial charge in [-0.05, 0) is 11.8 Å². The summed E-state index contributed by atoms with van der Waals surface area (Å²) in [4.78, 5) is 0. The number of benzene rings is 2.